The number of carbonyl (C=O) groups is 1. The Morgan fingerprint density at radius 2 is 1.88 bits per heavy atom. The molecule has 0 aliphatic carbocycles. The lowest BCUT2D eigenvalue weighted by molar-refractivity contribution is 0.0696. The van der Waals surface area contributed by atoms with Gasteiger partial charge in [-0.3, -0.25) is 0 Å². The van der Waals surface area contributed by atoms with Crippen molar-refractivity contribution in [1.29, 1.82) is 0 Å². The lowest BCUT2D eigenvalue weighted by Crippen LogP contribution is -1.99. The summed E-state index contributed by atoms with van der Waals surface area (Å²) in [6.45, 7) is 8.08. The van der Waals surface area contributed by atoms with Crippen LogP contribution in [-0.4, -0.2) is 26.0 Å². The van der Waals surface area contributed by atoms with Crippen molar-refractivity contribution >= 4 is 39.1 Å². The number of hydrogen-bond acceptors (Lipinski definition) is 4. The van der Waals surface area contributed by atoms with Gasteiger partial charge in [0.05, 0.1) is 32.4 Å². The van der Waals surface area contributed by atoms with Crippen LogP contribution in [0.5, 0.6) is 0 Å². The Morgan fingerprint density at radius 1 is 1.06 bits per heavy atom. The van der Waals surface area contributed by atoms with E-state index in [1.807, 2.05) is 26.8 Å². The predicted octanol–water partition coefficient (Wildman–Crippen LogP) is 7.08. The van der Waals surface area contributed by atoms with E-state index in [0.29, 0.717) is 5.56 Å². The first-order chi connectivity index (χ1) is 15.9. The average molecular weight is 456 g/mol. The van der Waals surface area contributed by atoms with Gasteiger partial charge in [0.25, 0.3) is 0 Å². The Bertz CT molecular complexity index is 1540. The molecule has 3 aromatic heterocycles. The topological polar surface area (TPSA) is 78.9 Å². The molecule has 0 atom stereocenters. The number of benzene rings is 2. The smallest absolute Gasteiger partial charge is 0.336 e. The highest BCUT2D eigenvalue weighted by Gasteiger charge is 2.18. The highest BCUT2D eigenvalue weighted by Crippen LogP contribution is 2.36. The largest absolute Gasteiger partial charge is 0.478 e. The molecular formula is C27H25N3O2S. The number of hydrogen-bond donors (Lipinski definition) is 2. The van der Waals surface area contributed by atoms with Crippen molar-refractivity contribution in [3.8, 4) is 21.8 Å². The van der Waals surface area contributed by atoms with E-state index in [1.165, 1.54) is 5.56 Å². The molecule has 0 amide bonds. The van der Waals surface area contributed by atoms with E-state index in [-0.39, 0.29) is 0 Å². The molecule has 0 saturated carbocycles. The number of fused-ring (bicyclic) bond motifs is 2. The van der Waals surface area contributed by atoms with Gasteiger partial charge in [0.1, 0.15) is 0 Å². The minimum atomic E-state index is -0.901. The van der Waals surface area contributed by atoms with E-state index in [4.69, 9.17) is 4.98 Å². The molecule has 0 saturated heterocycles. The van der Waals surface area contributed by atoms with Crippen LogP contribution in [-0.2, 0) is 6.42 Å². The number of pyridine rings is 1. The Balaban J connectivity index is 1.65. The van der Waals surface area contributed by atoms with Crippen molar-refractivity contribution < 1.29 is 9.90 Å². The normalized spacial score (nSPS) is 11.5. The molecule has 0 aliphatic heterocycles. The fraction of sp³-hybridized carbons (Fsp3) is 0.222. The zero-order valence-electron chi connectivity index (χ0n) is 19.1. The first-order valence-corrected chi connectivity index (χ1v) is 11.9. The van der Waals surface area contributed by atoms with Gasteiger partial charge >= 0.3 is 5.97 Å². The molecule has 0 fully saturated rings. The van der Waals surface area contributed by atoms with E-state index in [0.717, 1.165) is 72.7 Å². The van der Waals surface area contributed by atoms with Crippen LogP contribution < -0.4 is 0 Å². The zero-order valence-corrected chi connectivity index (χ0v) is 19.9. The maximum atomic E-state index is 11.6. The molecule has 3 heterocycles. The number of nitrogens with zero attached hydrogens (tertiary/aromatic N) is 2. The Morgan fingerprint density at radius 3 is 2.58 bits per heavy atom. The third kappa shape index (κ3) is 3.60. The summed E-state index contributed by atoms with van der Waals surface area (Å²) >= 11 is 1.67. The van der Waals surface area contributed by atoms with Gasteiger partial charge in [-0.2, -0.15) is 0 Å². The SMILES string of the molecule is CCCc1c(-c2ccc3nc(-c4sc(C)nc4C)ccc3c2)[nH]c2c(C)c(C(=O)O)ccc12. The van der Waals surface area contributed by atoms with Crippen LogP contribution in [0.3, 0.4) is 0 Å². The van der Waals surface area contributed by atoms with Crippen LogP contribution in [0.1, 0.15) is 45.5 Å². The van der Waals surface area contributed by atoms with Crippen molar-refractivity contribution in [3.63, 3.8) is 0 Å². The van der Waals surface area contributed by atoms with E-state index < -0.39 is 5.97 Å². The Kier molecular flexibility index (Phi) is 5.25. The maximum absolute atomic E-state index is 11.6. The third-order valence-electron chi connectivity index (χ3n) is 6.19. The van der Waals surface area contributed by atoms with Crippen molar-refractivity contribution in [1.82, 2.24) is 15.0 Å². The molecule has 0 unspecified atom stereocenters. The quantitative estimate of drug-likeness (QED) is 0.297. The van der Waals surface area contributed by atoms with Crippen LogP contribution in [0.2, 0.25) is 0 Å². The molecule has 6 heteroatoms. The standard InChI is InChI=1S/C27H25N3O2S/c1-5-6-20-21-10-9-19(27(31)32)14(2)24(21)30-25(20)18-8-11-22-17(13-18)7-12-23(29-22)26-15(3)28-16(4)33-26/h7-13,30H,5-6H2,1-4H3,(H,31,32). The lowest BCUT2D eigenvalue weighted by atomic mass is 9.98. The van der Waals surface area contributed by atoms with Crippen molar-refractivity contribution in [2.75, 3.05) is 0 Å². The minimum Gasteiger partial charge on any atom is -0.478 e. The molecule has 0 aliphatic rings. The van der Waals surface area contributed by atoms with Gasteiger partial charge in [0, 0.05) is 22.0 Å². The molecule has 33 heavy (non-hydrogen) atoms. The van der Waals surface area contributed by atoms with E-state index in [1.54, 1.807) is 17.4 Å². The number of aromatic amines is 1. The number of thiazole rings is 1. The molecule has 166 valence electrons. The molecule has 0 spiro atoms. The fourth-order valence-electron chi connectivity index (χ4n) is 4.62. The molecule has 0 radical (unpaired) electrons. The summed E-state index contributed by atoms with van der Waals surface area (Å²) in [5.74, 6) is -0.901. The first kappa shape index (κ1) is 21.3. The number of carboxylic acid groups (broad SMARTS) is 1. The fourth-order valence-corrected chi connectivity index (χ4v) is 5.51. The van der Waals surface area contributed by atoms with Crippen LogP contribution in [0, 0.1) is 20.8 Å². The monoisotopic (exact) mass is 455 g/mol. The number of nitrogens with one attached hydrogen (secondary N) is 1. The van der Waals surface area contributed by atoms with Crippen LogP contribution in [0.4, 0.5) is 0 Å². The molecule has 2 aromatic carbocycles. The van der Waals surface area contributed by atoms with Crippen molar-refractivity contribution in [3.05, 3.63) is 69.9 Å². The summed E-state index contributed by atoms with van der Waals surface area (Å²) in [4.78, 5) is 25.7. The van der Waals surface area contributed by atoms with Gasteiger partial charge in [-0.1, -0.05) is 31.5 Å². The highest BCUT2D eigenvalue weighted by molar-refractivity contribution is 7.15. The summed E-state index contributed by atoms with van der Waals surface area (Å²) in [6, 6.07) is 14.2. The second-order valence-electron chi connectivity index (χ2n) is 8.45. The number of aryl methyl sites for hydroxylation is 4. The molecule has 5 aromatic rings. The number of H-pyrrole nitrogens is 1. The molecular weight excluding hydrogens is 430 g/mol. The highest BCUT2D eigenvalue weighted by atomic mass is 32.1. The van der Waals surface area contributed by atoms with Gasteiger partial charge in [0.15, 0.2) is 0 Å². The van der Waals surface area contributed by atoms with Gasteiger partial charge in [0.2, 0.25) is 0 Å². The van der Waals surface area contributed by atoms with Crippen LogP contribution >= 0.6 is 11.3 Å². The Labute approximate surface area is 196 Å². The summed E-state index contributed by atoms with van der Waals surface area (Å²) in [5.41, 5.74) is 8.28. The van der Waals surface area contributed by atoms with Crippen LogP contribution in [0.25, 0.3) is 43.6 Å². The first-order valence-electron chi connectivity index (χ1n) is 11.1. The van der Waals surface area contributed by atoms with Gasteiger partial charge in [-0.15, -0.1) is 11.3 Å². The molecule has 5 nitrogen and oxygen atoms in total. The summed E-state index contributed by atoms with van der Waals surface area (Å²) in [6.07, 6.45) is 1.92. The number of carboxylic acids is 1. The average Bonchev–Trinajstić information content (AvgIpc) is 3.33. The number of aromatic carboxylic acids is 1. The van der Waals surface area contributed by atoms with Crippen molar-refractivity contribution in [2.45, 2.75) is 40.5 Å². The van der Waals surface area contributed by atoms with Gasteiger partial charge < -0.3 is 10.1 Å². The van der Waals surface area contributed by atoms with E-state index >= 15 is 0 Å². The summed E-state index contributed by atoms with van der Waals surface area (Å²) in [7, 11) is 0. The maximum Gasteiger partial charge on any atom is 0.336 e. The van der Waals surface area contributed by atoms with Crippen LogP contribution in [0.15, 0.2) is 42.5 Å². The zero-order chi connectivity index (χ0) is 23.3. The van der Waals surface area contributed by atoms with Crippen molar-refractivity contribution in [2.24, 2.45) is 0 Å². The van der Waals surface area contributed by atoms with E-state index in [9.17, 15) is 9.90 Å². The molecule has 2 N–H and O–H groups in total. The Hall–Kier alpha value is -3.51. The minimum absolute atomic E-state index is 0.335. The molecule has 5 rings (SSSR count). The predicted molar refractivity (Wildman–Crippen MR) is 135 cm³/mol. The van der Waals surface area contributed by atoms with Gasteiger partial charge in [-0.05, 0) is 68.1 Å². The number of aromatic nitrogens is 3. The van der Waals surface area contributed by atoms with Gasteiger partial charge in [-0.25, -0.2) is 14.8 Å². The second kappa shape index (κ2) is 8.12. The lowest BCUT2D eigenvalue weighted by Gasteiger charge is -2.07. The number of rotatable bonds is 5. The molecule has 0 bridgehead atoms. The van der Waals surface area contributed by atoms with E-state index in [2.05, 4.69) is 47.2 Å². The third-order valence-corrected chi connectivity index (χ3v) is 7.28. The summed E-state index contributed by atoms with van der Waals surface area (Å²) in [5, 5.41) is 12.7. The summed E-state index contributed by atoms with van der Waals surface area (Å²) < 4.78 is 0. The second-order valence-corrected chi connectivity index (χ2v) is 9.65.